The van der Waals surface area contributed by atoms with Crippen molar-refractivity contribution in [2.45, 2.75) is 20.8 Å². The monoisotopic (exact) mass is 189 g/mol. The van der Waals surface area contributed by atoms with Crippen molar-refractivity contribution in [3.63, 3.8) is 0 Å². The van der Waals surface area contributed by atoms with Gasteiger partial charge in [-0.1, -0.05) is 13.8 Å². The van der Waals surface area contributed by atoms with Crippen LogP contribution in [-0.2, 0) is 4.79 Å². The Labute approximate surface area is 81.5 Å². The molecule has 0 aromatic heterocycles. The van der Waals surface area contributed by atoms with Crippen LogP contribution in [-0.4, -0.2) is 48.9 Å². The van der Waals surface area contributed by atoms with Gasteiger partial charge >= 0.3 is 0 Å². The summed E-state index contributed by atoms with van der Waals surface area (Å²) in [5.41, 5.74) is 0. The normalized spacial score (nSPS) is 16.8. The summed E-state index contributed by atoms with van der Waals surface area (Å²) < 4.78 is 0. The Hall–Kier alpha value is -0.610. The maximum absolute atomic E-state index is 10.8. The fourth-order valence-corrected chi connectivity index (χ4v) is 1.12. The molecule has 0 atom stereocenters. The lowest BCUT2D eigenvalue weighted by atomic mass is 10.3. The predicted octanol–water partition coefficient (Wildman–Crippen LogP) is 0.968. The summed E-state index contributed by atoms with van der Waals surface area (Å²) in [5.74, 6) is 0.202. The van der Waals surface area contributed by atoms with E-state index in [0.29, 0.717) is 0 Å². The molecule has 0 aliphatic carbocycles. The number of carbonyl (C=O) groups excluding carboxylic acids is 1. The van der Waals surface area contributed by atoms with Crippen LogP contribution in [0.5, 0.6) is 0 Å². The van der Waals surface area contributed by atoms with Crippen molar-refractivity contribution in [1.29, 1.82) is 0 Å². The molecule has 0 bridgehead atoms. The van der Waals surface area contributed by atoms with Gasteiger partial charge in [-0.15, -0.1) is 0 Å². The van der Waals surface area contributed by atoms with Crippen molar-refractivity contribution in [3.8, 4) is 0 Å². The number of hydrogen-bond acceptors (Lipinski definition) is 3. The molecule has 80 valence electrons. The molecule has 0 unspecified atom stereocenters. The maximum Gasteiger partial charge on any atom is 0.219 e. The fourth-order valence-electron chi connectivity index (χ4n) is 1.12. The molecule has 0 spiro atoms. The molecule has 3 N–H and O–H groups in total. The van der Waals surface area contributed by atoms with Crippen LogP contribution in [0.15, 0.2) is 0 Å². The summed E-state index contributed by atoms with van der Waals surface area (Å²) in [6.07, 6.45) is 0. The second-order valence-electron chi connectivity index (χ2n) is 2.81. The standard InChI is InChI=1S/C7H14N2O.C2H6.H3N/c1-7(10)9-5-3-8(2)4-6-9;1-2;/h3-6H2,1-2H3;1-2H3;1H3. The molecule has 13 heavy (non-hydrogen) atoms. The molecule has 4 heteroatoms. The first-order valence-corrected chi connectivity index (χ1v) is 4.64. The van der Waals surface area contributed by atoms with Crippen molar-refractivity contribution < 1.29 is 4.79 Å². The van der Waals surface area contributed by atoms with Gasteiger partial charge in [0.2, 0.25) is 5.91 Å². The zero-order valence-corrected chi connectivity index (χ0v) is 9.34. The summed E-state index contributed by atoms with van der Waals surface area (Å²) in [6, 6.07) is 0. The van der Waals surface area contributed by atoms with Crippen LogP contribution in [0.3, 0.4) is 0 Å². The second kappa shape index (κ2) is 8.01. The van der Waals surface area contributed by atoms with Crippen molar-refractivity contribution in [2.75, 3.05) is 33.2 Å². The highest BCUT2D eigenvalue weighted by atomic mass is 16.2. The summed E-state index contributed by atoms with van der Waals surface area (Å²) >= 11 is 0. The minimum Gasteiger partial charge on any atom is -0.344 e. The Morgan fingerprint density at radius 1 is 1.08 bits per heavy atom. The molecule has 1 amide bonds. The molecule has 1 fully saturated rings. The van der Waals surface area contributed by atoms with Gasteiger partial charge in [0.15, 0.2) is 0 Å². The Kier molecular flexibility index (Phi) is 9.17. The molecule has 1 aliphatic heterocycles. The molecule has 0 saturated carbocycles. The van der Waals surface area contributed by atoms with Gasteiger partial charge in [0, 0.05) is 33.1 Å². The lowest BCUT2D eigenvalue weighted by Crippen LogP contribution is -2.46. The van der Waals surface area contributed by atoms with E-state index in [-0.39, 0.29) is 12.1 Å². The zero-order valence-electron chi connectivity index (χ0n) is 9.34. The molecular weight excluding hydrogens is 166 g/mol. The molecule has 1 aliphatic rings. The second-order valence-corrected chi connectivity index (χ2v) is 2.81. The van der Waals surface area contributed by atoms with E-state index in [1.165, 1.54) is 0 Å². The molecule has 1 saturated heterocycles. The van der Waals surface area contributed by atoms with Crippen LogP contribution in [0.25, 0.3) is 0 Å². The number of nitrogens with zero attached hydrogens (tertiary/aromatic N) is 2. The average Bonchev–Trinajstić information content (AvgIpc) is 2.09. The Balaban J connectivity index is 0. The first-order valence-electron chi connectivity index (χ1n) is 4.64. The van der Waals surface area contributed by atoms with E-state index in [4.69, 9.17) is 0 Å². The van der Waals surface area contributed by atoms with Crippen LogP contribution in [0, 0.1) is 0 Å². The van der Waals surface area contributed by atoms with Crippen molar-refractivity contribution in [1.82, 2.24) is 16.0 Å². The van der Waals surface area contributed by atoms with Gasteiger partial charge in [0.25, 0.3) is 0 Å². The number of hydrogen-bond donors (Lipinski definition) is 1. The maximum atomic E-state index is 10.8. The molecule has 1 rings (SSSR count). The highest BCUT2D eigenvalue weighted by Crippen LogP contribution is 1.98. The summed E-state index contributed by atoms with van der Waals surface area (Å²) in [5, 5.41) is 0. The van der Waals surface area contributed by atoms with E-state index < -0.39 is 0 Å². The Bertz CT molecular complexity index is 131. The van der Waals surface area contributed by atoms with Crippen molar-refractivity contribution in [2.24, 2.45) is 0 Å². The van der Waals surface area contributed by atoms with Crippen LogP contribution in [0.1, 0.15) is 20.8 Å². The minimum absolute atomic E-state index is 0. The van der Waals surface area contributed by atoms with Gasteiger partial charge in [-0.25, -0.2) is 0 Å². The van der Waals surface area contributed by atoms with E-state index in [2.05, 4.69) is 11.9 Å². The number of likely N-dealkylation sites (N-methyl/N-ethyl adjacent to an activating group) is 1. The summed E-state index contributed by atoms with van der Waals surface area (Å²) in [7, 11) is 2.08. The SMILES string of the molecule is CC.CC(=O)N1CCN(C)CC1.N. The molecule has 0 aromatic carbocycles. The van der Waals surface area contributed by atoms with Crippen LogP contribution >= 0.6 is 0 Å². The third-order valence-electron chi connectivity index (χ3n) is 1.95. The van der Waals surface area contributed by atoms with E-state index in [1.807, 2.05) is 18.7 Å². The Morgan fingerprint density at radius 3 is 1.77 bits per heavy atom. The summed E-state index contributed by atoms with van der Waals surface area (Å²) in [4.78, 5) is 14.9. The lowest BCUT2D eigenvalue weighted by Gasteiger charge is -2.31. The van der Waals surface area contributed by atoms with E-state index in [0.717, 1.165) is 26.2 Å². The molecule has 4 nitrogen and oxygen atoms in total. The highest BCUT2D eigenvalue weighted by molar-refractivity contribution is 5.73. The quantitative estimate of drug-likeness (QED) is 0.617. The lowest BCUT2D eigenvalue weighted by molar-refractivity contribution is -0.130. The van der Waals surface area contributed by atoms with Crippen LogP contribution in [0.2, 0.25) is 0 Å². The van der Waals surface area contributed by atoms with E-state index in [1.54, 1.807) is 6.92 Å². The topological polar surface area (TPSA) is 58.6 Å². The molecule has 0 radical (unpaired) electrons. The number of rotatable bonds is 0. The molecule has 1 heterocycles. The smallest absolute Gasteiger partial charge is 0.219 e. The highest BCUT2D eigenvalue weighted by Gasteiger charge is 2.14. The third-order valence-corrected chi connectivity index (χ3v) is 1.95. The largest absolute Gasteiger partial charge is 0.344 e. The minimum atomic E-state index is 0. The van der Waals surface area contributed by atoms with Crippen molar-refractivity contribution >= 4 is 5.91 Å². The van der Waals surface area contributed by atoms with E-state index >= 15 is 0 Å². The molecule has 0 aromatic rings. The third kappa shape index (κ3) is 5.60. The first-order chi connectivity index (χ1) is 5.70. The van der Waals surface area contributed by atoms with Gasteiger partial charge in [-0.3, -0.25) is 4.79 Å². The van der Waals surface area contributed by atoms with Gasteiger partial charge in [0.1, 0.15) is 0 Å². The number of piperazine rings is 1. The zero-order chi connectivity index (χ0) is 9.56. The molecular formula is C9H23N3O. The number of carbonyl (C=O) groups is 1. The van der Waals surface area contributed by atoms with Gasteiger partial charge in [0.05, 0.1) is 0 Å². The van der Waals surface area contributed by atoms with Gasteiger partial charge < -0.3 is 16.0 Å². The van der Waals surface area contributed by atoms with Gasteiger partial charge in [-0.2, -0.15) is 0 Å². The van der Waals surface area contributed by atoms with Gasteiger partial charge in [-0.05, 0) is 7.05 Å². The first kappa shape index (κ1) is 14.9. The summed E-state index contributed by atoms with van der Waals surface area (Å²) in [6.45, 7) is 9.45. The number of amides is 1. The van der Waals surface area contributed by atoms with Crippen LogP contribution in [0.4, 0.5) is 0 Å². The average molecular weight is 189 g/mol. The fraction of sp³-hybridized carbons (Fsp3) is 0.889. The predicted molar refractivity (Wildman–Crippen MR) is 56.1 cm³/mol. The Morgan fingerprint density at radius 2 is 1.46 bits per heavy atom. The van der Waals surface area contributed by atoms with E-state index in [9.17, 15) is 4.79 Å². The van der Waals surface area contributed by atoms with Crippen LogP contribution < -0.4 is 6.15 Å². The van der Waals surface area contributed by atoms with Crippen molar-refractivity contribution in [3.05, 3.63) is 0 Å².